The van der Waals surface area contributed by atoms with Crippen LogP contribution in [-0.2, 0) is 11.8 Å². The average molecular weight is 124 g/mol. The van der Waals surface area contributed by atoms with Gasteiger partial charge in [-0.15, -0.1) is 0 Å². The van der Waals surface area contributed by atoms with Crippen LogP contribution in [0.25, 0.3) is 0 Å². The first-order chi connectivity index (χ1) is 4.33. The number of aromatic nitrogens is 2. The van der Waals surface area contributed by atoms with E-state index in [2.05, 4.69) is 9.75 Å². The van der Waals surface area contributed by atoms with Crippen molar-refractivity contribution in [1.82, 2.24) is 9.78 Å². The normalized spacial score (nSPS) is 8.56. The van der Waals surface area contributed by atoms with Crippen LogP contribution in [-0.4, -0.2) is 17.1 Å². The Balaban J connectivity index is 2.72. The van der Waals surface area contributed by atoms with Gasteiger partial charge in [-0.3, -0.25) is 0 Å². The molecule has 4 nitrogen and oxygen atoms in total. The third-order valence-corrected chi connectivity index (χ3v) is 0.865. The van der Waals surface area contributed by atoms with Gasteiger partial charge in [0.2, 0.25) is 0 Å². The molecule has 1 aromatic heterocycles. The van der Waals surface area contributed by atoms with Crippen LogP contribution < -0.4 is 4.65 Å². The second-order valence-electron chi connectivity index (χ2n) is 1.56. The zero-order valence-corrected chi connectivity index (χ0v) is 4.94. The Bertz CT molecular complexity index is 210. The number of rotatable bonds is 2. The first kappa shape index (κ1) is 6.00. The van der Waals surface area contributed by atoms with Gasteiger partial charge in [0.1, 0.15) is 0 Å². The molecular weight excluding hydrogens is 119 g/mol. The van der Waals surface area contributed by atoms with E-state index in [1.807, 2.05) is 0 Å². The van der Waals surface area contributed by atoms with E-state index in [0.717, 1.165) is 0 Å². The Hall–Kier alpha value is -1.13. The second kappa shape index (κ2) is 2.43. The number of aryl methyl sites for hydroxylation is 1. The summed E-state index contributed by atoms with van der Waals surface area (Å²) in [4.78, 5) is 0. The summed E-state index contributed by atoms with van der Waals surface area (Å²) in [6, 6.07) is 0. The van der Waals surface area contributed by atoms with Crippen LogP contribution in [0.4, 0.5) is 0 Å². The van der Waals surface area contributed by atoms with Gasteiger partial charge in [0, 0.05) is 0 Å². The summed E-state index contributed by atoms with van der Waals surface area (Å²) in [5, 5.41) is 3.77. The molecule has 0 atom stereocenters. The molecule has 1 rings (SSSR count). The number of hydrogen-bond acceptors (Lipinski definition) is 3. The van der Waals surface area contributed by atoms with Gasteiger partial charge in [0.15, 0.2) is 0 Å². The van der Waals surface area contributed by atoms with Gasteiger partial charge in [-0.25, -0.2) is 0 Å². The van der Waals surface area contributed by atoms with Crippen LogP contribution in [0.5, 0.6) is 5.75 Å². The fourth-order valence-corrected chi connectivity index (χ4v) is 0.515. The molecule has 1 heterocycles. The molecular formula is C4H5BN2O2. The van der Waals surface area contributed by atoms with Crippen molar-refractivity contribution in [1.29, 1.82) is 0 Å². The average Bonchev–Trinajstić information content (AvgIpc) is 2.17. The van der Waals surface area contributed by atoms with E-state index in [1.165, 1.54) is 6.20 Å². The van der Waals surface area contributed by atoms with E-state index in [9.17, 15) is 4.70 Å². The first-order valence-electron chi connectivity index (χ1n) is 2.42. The van der Waals surface area contributed by atoms with E-state index in [4.69, 9.17) is 0 Å². The molecule has 0 amide bonds. The molecule has 0 spiro atoms. The van der Waals surface area contributed by atoms with Crippen molar-refractivity contribution >= 4 is 7.35 Å². The van der Waals surface area contributed by atoms with Crippen LogP contribution in [0.3, 0.4) is 0 Å². The van der Waals surface area contributed by atoms with Crippen LogP contribution in [0.1, 0.15) is 0 Å². The third-order valence-electron chi connectivity index (χ3n) is 0.865. The molecule has 0 saturated carbocycles. The summed E-state index contributed by atoms with van der Waals surface area (Å²) >= 11 is 0. The summed E-state index contributed by atoms with van der Waals surface area (Å²) < 4.78 is 15.7. The molecule has 0 saturated heterocycles. The molecule has 0 unspecified atom stereocenters. The van der Waals surface area contributed by atoms with Crippen molar-refractivity contribution in [3.8, 4) is 5.75 Å². The van der Waals surface area contributed by atoms with Crippen LogP contribution in [0, 0.1) is 0 Å². The van der Waals surface area contributed by atoms with E-state index >= 15 is 0 Å². The monoisotopic (exact) mass is 124 g/mol. The van der Waals surface area contributed by atoms with Crippen molar-refractivity contribution in [3.63, 3.8) is 0 Å². The molecule has 46 valence electrons. The molecule has 1 aromatic rings. The van der Waals surface area contributed by atoms with Crippen LogP contribution in [0.15, 0.2) is 12.4 Å². The van der Waals surface area contributed by atoms with Gasteiger partial charge in [0.25, 0.3) is 0 Å². The summed E-state index contributed by atoms with van der Waals surface area (Å²) in [6.45, 7) is 0. The summed E-state index contributed by atoms with van der Waals surface area (Å²) in [5.41, 5.74) is 0. The zero-order chi connectivity index (χ0) is 6.69. The van der Waals surface area contributed by atoms with Crippen molar-refractivity contribution in [3.05, 3.63) is 12.4 Å². The molecule has 0 aliphatic rings. The Morgan fingerprint density at radius 1 is 1.89 bits per heavy atom. The Morgan fingerprint density at radius 3 is 3.11 bits per heavy atom. The van der Waals surface area contributed by atoms with Gasteiger partial charge >= 0.3 is 51.7 Å². The molecule has 0 aromatic carbocycles. The van der Waals surface area contributed by atoms with Crippen molar-refractivity contribution < 1.29 is 9.36 Å². The van der Waals surface area contributed by atoms with E-state index in [1.54, 1.807) is 17.9 Å². The first-order valence-corrected chi connectivity index (χ1v) is 2.42. The zero-order valence-electron chi connectivity index (χ0n) is 4.94. The third kappa shape index (κ3) is 1.38. The Morgan fingerprint density at radius 2 is 2.67 bits per heavy atom. The molecule has 0 aliphatic heterocycles. The van der Waals surface area contributed by atoms with E-state index in [0.29, 0.717) is 13.1 Å². The molecule has 9 heavy (non-hydrogen) atoms. The topological polar surface area (TPSA) is 44.1 Å². The molecule has 5 heteroatoms. The molecule has 0 radical (unpaired) electrons. The number of hydrogen-bond donors (Lipinski definition) is 0. The van der Waals surface area contributed by atoms with Gasteiger partial charge in [-0.05, 0) is 0 Å². The quantitative estimate of drug-likeness (QED) is 0.511. The number of nitrogens with zero attached hydrogens (tertiary/aromatic N) is 2. The predicted octanol–water partition coefficient (Wildman–Crippen LogP) is -0.236. The molecule has 0 aliphatic carbocycles. The maximum absolute atomic E-state index is 9.72. The molecule has 0 bridgehead atoms. The minimum atomic E-state index is 0.372. The summed E-state index contributed by atoms with van der Waals surface area (Å²) in [6.07, 6.45) is 3.07. The van der Waals surface area contributed by atoms with Gasteiger partial charge < -0.3 is 0 Å². The molecule has 0 fully saturated rings. The fourth-order valence-electron chi connectivity index (χ4n) is 0.515. The van der Waals surface area contributed by atoms with Crippen molar-refractivity contribution in [2.24, 2.45) is 7.05 Å². The van der Waals surface area contributed by atoms with Crippen molar-refractivity contribution in [2.75, 3.05) is 0 Å². The van der Waals surface area contributed by atoms with Crippen molar-refractivity contribution in [2.45, 2.75) is 0 Å². The summed E-state index contributed by atoms with van der Waals surface area (Å²) in [7, 11) is 2.12. The summed E-state index contributed by atoms with van der Waals surface area (Å²) in [5.74, 6) is 0.465. The van der Waals surface area contributed by atoms with Crippen LogP contribution >= 0.6 is 0 Å². The van der Waals surface area contributed by atoms with Gasteiger partial charge in [-0.2, -0.15) is 0 Å². The standard InChI is InChI=1S/C4H5BN2O2/c1-7-3-4(2-6-7)9-5-8/h2-3H,1H3. The van der Waals surface area contributed by atoms with E-state index < -0.39 is 0 Å². The van der Waals surface area contributed by atoms with Gasteiger partial charge in [0.05, 0.1) is 0 Å². The molecule has 0 N–H and O–H groups in total. The van der Waals surface area contributed by atoms with Crippen LogP contribution in [0.2, 0.25) is 0 Å². The van der Waals surface area contributed by atoms with E-state index in [-0.39, 0.29) is 0 Å². The maximum atomic E-state index is 9.72. The predicted molar refractivity (Wildman–Crippen MR) is 30.3 cm³/mol. The fraction of sp³-hybridized carbons (Fsp3) is 0.250. The van der Waals surface area contributed by atoms with Gasteiger partial charge in [-0.1, -0.05) is 0 Å². The Labute approximate surface area is 52.7 Å². The minimum absolute atomic E-state index is 0.372. The SMILES string of the molecule is Cn1cc(OB=O)cn1. The second-order valence-corrected chi connectivity index (χ2v) is 1.56. The Kier molecular flexibility index (Phi) is 1.62.